The molecule has 140 valence electrons. The maximum Gasteiger partial charge on any atom is 2.00 e. The van der Waals surface area contributed by atoms with Crippen LogP contribution < -0.4 is 0 Å². The first-order valence-electron chi connectivity index (χ1n) is 7.55. The van der Waals surface area contributed by atoms with E-state index in [1.807, 2.05) is 0 Å². The van der Waals surface area contributed by atoms with Gasteiger partial charge in [-0.15, -0.1) is 6.42 Å². The zero-order valence-corrected chi connectivity index (χ0v) is 17.9. The molecule has 3 unspecified atom stereocenters. The average molecular weight is 644 g/mol. The van der Waals surface area contributed by atoms with E-state index >= 15 is 0 Å². The maximum atomic E-state index is 13.8. The minimum Gasteiger partial charge on any atom is -0.367 e. The number of fused-ring (bicyclic) bond motifs is 1. The Balaban J connectivity index is 0.00000225. The fraction of sp³-hybridized carbons (Fsp3) is 0.471. The summed E-state index contributed by atoms with van der Waals surface area (Å²) in [5.41, 5.74) is 1.52. The third-order valence-corrected chi connectivity index (χ3v) is 7.84. The van der Waals surface area contributed by atoms with E-state index in [2.05, 4.69) is 13.8 Å². The molecule has 0 radical (unpaired) electrons. The minimum absolute atomic E-state index is 0. The topological polar surface area (TPSA) is 49.7 Å². The Morgan fingerprint density at radius 1 is 1.20 bits per heavy atom. The Morgan fingerprint density at radius 2 is 1.88 bits per heavy atom. The first kappa shape index (κ1) is 21.2. The van der Waals surface area contributed by atoms with E-state index in [-0.39, 0.29) is 31.8 Å². The van der Waals surface area contributed by atoms with Crippen LogP contribution in [0.5, 0.6) is 0 Å². The third-order valence-electron chi connectivity index (χ3n) is 4.57. The summed E-state index contributed by atoms with van der Waals surface area (Å²) in [6, 6.07) is 0. The molecule has 1 saturated heterocycles. The Morgan fingerprint density at radius 3 is 2.48 bits per heavy atom. The van der Waals surface area contributed by atoms with Gasteiger partial charge in [0.1, 0.15) is 5.92 Å². The second-order valence-electron chi connectivity index (χ2n) is 6.12. The van der Waals surface area contributed by atoms with Gasteiger partial charge in [-0.2, -0.15) is 13.2 Å². The number of allylic oxidation sites excluding steroid dienone is 5. The molecular formula is C17H18F3IO3Os. The average Bonchev–Trinajstić information content (AvgIpc) is 2.76. The van der Waals surface area contributed by atoms with Crippen molar-refractivity contribution in [1.82, 2.24) is 0 Å². The number of hydrogen-bond donors (Lipinski definition) is 2. The van der Waals surface area contributed by atoms with Crippen LogP contribution in [0.3, 0.4) is 0 Å². The van der Waals surface area contributed by atoms with Gasteiger partial charge in [0, 0.05) is 5.92 Å². The molecule has 2 N–H and O–H groups in total. The molecule has 2 aliphatic heterocycles. The third kappa shape index (κ3) is 4.24. The van der Waals surface area contributed by atoms with Crippen LogP contribution in [0, 0.1) is 25.7 Å². The van der Waals surface area contributed by atoms with Crippen molar-refractivity contribution in [3.8, 4) is 0 Å². The molecular weight excluding hydrogens is 626 g/mol. The van der Waals surface area contributed by atoms with Crippen molar-refractivity contribution in [3.63, 3.8) is 0 Å². The second kappa shape index (κ2) is 7.85. The van der Waals surface area contributed by atoms with Gasteiger partial charge in [0.25, 0.3) is 0 Å². The molecule has 25 heavy (non-hydrogen) atoms. The summed E-state index contributed by atoms with van der Waals surface area (Å²) in [5, 5.41) is 19.5. The van der Waals surface area contributed by atoms with Crippen molar-refractivity contribution in [3.05, 3.63) is 46.3 Å². The van der Waals surface area contributed by atoms with E-state index in [1.54, 1.807) is 0 Å². The normalized spacial score (nSPS) is 31.1. The quantitative estimate of drug-likeness (QED) is 0.358. The van der Waals surface area contributed by atoms with Crippen molar-refractivity contribution in [2.45, 2.75) is 38.0 Å². The van der Waals surface area contributed by atoms with E-state index in [9.17, 15) is 23.4 Å². The van der Waals surface area contributed by atoms with Crippen molar-refractivity contribution in [1.29, 1.82) is 0 Å². The Kier molecular flexibility index (Phi) is 6.65. The molecule has 3 aliphatic rings. The van der Waals surface area contributed by atoms with Crippen LogP contribution in [0.1, 0.15) is 19.3 Å². The molecule has 2 heterocycles. The monoisotopic (exact) mass is 646 g/mol. The van der Waals surface area contributed by atoms with Crippen LogP contribution in [-0.2, 0) is 24.5 Å². The SMILES string of the molecule is [CH2-]C1=C([CH2-])I=C([C@H](C2=CC=C3C(O)OC(O)C3C2)C(F)(F)F)CC1.[Os+2]. The van der Waals surface area contributed by atoms with Crippen molar-refractivity contribution in [2.75, 3.05) is 0 Å². The fourth-order valence-electron chi connectivity index (χ4n) is 3.27. The van der Waals surface area contributed by atoms with Crippen molar-refractivity contribution in [2.24, 2.45) is 11.8 Å². The van der Waals surface area contributed by atoms with Gasteiger partial charge in [-0.05, 0) is 21.9 Å². The Bertz CT molecular complexity index is 667. The Hall–Kier alpha value is -0.134. The summed E-state index contributed by atoms with van der Waals surface area (Å²) in [6.07, 6.45) is -3.08. The molecule has 1 aliphatic carbocycles. The van der Waals surface area contributed by atoms with Crippen LogP contribution in [0.4, 0.5) is 13.2 Å². The summed E-state index contributed by atoms with van der Waals surface area (Å²) >= 11 is -0.924. The summed E-state index contributed by atoms with van der Waals surface area (Å²) in [5.74, 6) is -2.23. The molecule has 3 rings (SSSR count). The van der Waals surface area contributed by atoms with E-state index in [1.165, 1.54) is 12.2 Å². The summed E-state index contributed by atoms with van der Waals surface area (Å²) in [4.78, 5) is 0. The summed E-state index contributed by atoms with van der Waals surface area (Å²) < 4.78 is 47.5. The van der Waals surface area contributed by atoms with Gasteiger partial charge in [-0.3, -0.25) is 0 Å². The first-order chi connectivity index (χ1) is 11.2. The number of aliphatic hydroxyl groups excluding tert-OH is 2. The molecule has 0 aromatic rings. The summed E-state index contributed by atoms with van der Waals surface area (Å²) in [6.45, 7) is 7.72. The molecule has 0 saturated carbocycles. The molecule has 0 bridgehead atoms. The van der Waals surface area contributed by atoms with Gasteiger partial charge >= 0.3 is 26.0 Å². The molecule has 8 heteroatoms. The first-order valence-corrected chi connectivity index (χ1v) is 9.70. The smallest absolute Gasteiger partial charge is 0.367 e. The van der Waals surface area contributed by atoms with Crippen molar-refractivity contribution < 1.29 is 47.9 Å². The molecule has 0 aromatic heterocycles. The summed E-state index contributed by atoms with van der Waals surface area (Å²) in [7, 11) is 0. The zero-order valence-electron chi connectivity index (χ0n) is 13.2. The van der Waals surface area contributed by atoms with Crippen LogP contribution in [-0.4, -0.2) is 32.5 Å². The van der Waals surface area contributed by atoms with E-state index < -0.39 is 51.3 Å². The zero-order chi connectivity index (χ0) is 17.6. The largest absolute Gasteiger partial charge is 2.00 e. The van der Waals surface area contributed by atoms with Crippen LogP contribution in [0.2, 0.25) is 0 Å². The Labute approximate surface area is 167 Å². The predicted molar refractivity (Wildman–Crippen MR) is 92.9 cm³/mol. The van der Waals surface area contributed by atoms with Gasteiger partial charge in [-0.1, -0.05) is 17.7 Å². The van der Waals surface area contributed by atoms with E-state index in [0.717, 1.165) is 9.15 Å². The van der Waals surface area contributed by atoms with Gasteiger partial charge in [0.15, 0.2) is 12.6 Å². The van der Waals surface area contributed by atoms with Crippen LogP contribution in [0.15, 0.2) is 32.5 Å². The number of alkyl halides is 3. The van der Waals surface area contributed by atoms with Crippen LogP contribution in [0.25, 0.3) is 0 Å². The van der Waals surface area contributed by atoms with Gasteiger partial charge in [-0.25, -0.2) is 20.7 Å². The second-order valence-corrected chi connectivity index (χ2v) is 9.35. The van der Waals surface area contributed by atoms with E-state index in [4.69, 9.17) is 4.74 Å². The van der Waals surface area contributed by atoms with E-state index in [0.29, 0.717) is 21.9 Å². The maximum absolute atomic E-state index is 13.8. The predicted octanol–water partition coefficient (Wildman–Crippen LogP) is 3.56. The molecule has 0 spiro atoms. The van der Waals surface area contributed by atoms with Crippen molar-refractivity contribution >= 4 is 24.2 Å². The van der Waals surface area contributed by atoms with Gasteiger partial charge in [0.05, 0.1) is 0 Å². The number of hydrogen-bond acceptors (Lipinski definition) is 3. The molecule has 4 atom stereocenters. The fourth-order valence-corrected chi connectivity index (χ4v) is 6.36. The molecule has 0 amide bonds. The van der Waals surface area contributed by atoms with Crippen LogP contribution >= 0.6 is 20.7 Å². The molecule has 3 nitrogen and oxygen atoms in total. The number of halogens is 4. The molecule has 0 aromatic carbocycles. The number of rotatable bonds is 2. The molecule has 1 fully saturated rings. The minimum atomic E-state index is -4.38. The standard InChI is InChI=1S/C17H18F3IO3.Os/c1-8-3-6-13(21-9(8)2)14(17(18,19)20)10-4-5-11-12(7-10)16(23)24-15(11)22;/h4-5,12,14-16,22-23H,1-3,6-7H2;/q-2;+2/t12?,14-,15?,16?;/m0./s1. The number of aliphatic hydroxyl groups is 2. The van der Waals surface area contributed by atoms with Gasteiger partial charge < -0.3 is 38.0 Å². The van der Waals surface area contributed by atoms with Gasteiger partial charge in [0.2, 0.25) is 0 Å². The number of ether oxygens (including phenoxy) is 1.